The second kappa shape index (κ2) is 9.18. The Balaban J connectivity index is 1.59. The highest BCUT2D eigenvalue weighted by Gasteiger charge is 2.33. The van der Waals surface area contributed by atoms with Crippen molar-refractivity contribution in [2.45, 2.75) is 40.5 Å². The molecule has 176 valence electrons. The number of carbonyl (C=O) groups is 2. The topological polar surface area (TPSA) is 67.9 Å². The molecule has 1 unspecified atom stereocenters. The number of fused-ring (bicyclic) bond motifs is 1. The molecule has 1 fully saturated rings. The van der Waals surface area contributed by atoms with Crippen LogP contribution < -0.4 is 15.0 Å². The van der Waals surface area contributed by atoms with Crippen molar-refractivity contribution in [3.05, 3.63) is 52.6 Å². The minimum absolute atomic E-state index is 0.0338. The molecule has 4 rings (SSSR count). The highest BCUT2D eigenvalue weighted by atomic mass is 16.5. The lowest BCUT2D eigenvalue weighted by molar-refractivity contribution is -0.123. The smallest absolute Gasteiger partial charge is 0.229 e. The third-order valence-electron chi connectivity index (χ3n) is 6.52. The fourth-order valence-corrected chi connectivity index (χ4v) is 4.56. The van der Waals surface area contributed by atoms with Crippen LogP contribution in [0, 0.1) is 18.3 Å². The van der Waals surface area contributed by atoms with Gasteiger partial charge >= 0.3 is 0 Å². The van der Waals surface area contributed by atoms with Crippen LogP contribution >= 0.6 is 0 Å². The largest absolute Gasteiger partial charge is 0.495 e. The van der Waals surface area contributed by atoms with Gasteiger partial charge in [0.05, 0.1) is 26.0 Å². The summed E-state index contributed by atoms with van der Waals surface area (Å²) in [5.74, 6) is 0.690. The van der Waals surface area contributed by atoms with Gasteiger partial charge in [0.2, 0.25) is 5.91 Å². The first-order chi connectivity index (χ1) is 15.7. The van der Waals surface area contributed by atoms with Crippen LogP contribution in [-0.4, -0.2) is 45.1 Å². The maximum absolute atomic E-state index is 13.4. The molecule has 1 atom stereocenters. The summed E-state index contributed by atoms with van der Waals surface area (Å²) in [4.78, 5) is 28.2. The van der Waals surface area contributed by atoms with E-state index in [1.165, 1.54) is 0 Å². The monoisotopic (exact) mass is 450 g/mol. The molecular weight excluding hydrogens is 416 g/mol. The summed E-state index contributed by atoms with van der Waals surface area (Å²) in [6.45, 7) is 10.7. The van der Waals surface area contributed by atoms with Gasteiger partial charge in [-0.1, -0.05) is 38.5 Å². The zero-order valence-corrected chi connectivity index (χ0v) is 20.3. The summed E-state index contributed by atoms with van der Waals surface area (Å²) in [7, 11) is 1.65. The number of ether oxygens (including phenoxy) is 2. The number of ketones is 1. The number of anilines is 2. The molecule has 1 saturated heterocycles. The second-order valence-electron chi connectivity index (χ2n) is 10.1. The van der Waals surface area contributed by atoms with Crippen LogP contribution in [0.1, 0.15) is 47.8 Å². The predicted molar refractivity (Wildman–Crippen MR) is 131 cm³/mol. The van der Waals surface area contributed by atoms with Gasteiger partial charge < -0.3 is 19.7 Å². The van der Waals surface area contributed by atoms with Crippen molar-refractivity contribution in [1.82, 2.24) is 0 Å². The van der Waals surface area contributed by atoms with Crippen LogP contribution in [0.2, 0.25) is 0 Å². The molecule has 33 heavy (non-hydrogen) atoms. The van der Waals surface area contributed by atoms with Crippen LogP contribution in [0.5, 0.6) is 5.75 Å². The zero-order valence-electron chi connectivity index (χ0n) is 20.3. The number of amides is 1. The molecule has 1 heterocycles. The first-order valence-corrected chi connectivity index (χ1v) is 11.7. The number of hydrogen-bond acceptors (Lipinski definition) is 5. The van der Waals surface area contributed by atoms with Crippen LogP contribution in [0.4, 0.5) is 11.4 Å². The van der Waals surface area contributed by atoms with Crippen molar-refractivity contribution in [2.75, 3.05) is 43.6 Å². The lowest BCUT2D eigenvalue weighted by Crippen LogP contribution is -2.36. The number of nitrogens with zero attached hydrogens (tertiary/aromatic N) is 1. The van der Waals surface area contributed by atoms with Gasteiger partial charge in [0.15, 0.2) is 5.78 Å². The Morgan fingerprint density at radius 3 is 2.58 bits per heavy atom. The Morgan fingerprint density at radius 1 is 1.18 bits per heavy atom. The van der Waals surface area contributed by atoms with Crippen molar-refractivity contribution in [2.24, 2.45) is 11.3 Å². The zero-order chi connectivity index (χ0) is 23.8. The second-order valence-corrected chi connectivity index (χ2v) is 10.1. The first-order valence-electron chi connectivity index (χ1n) is 11.7. The predicted octanol–water partition coefficient (Wildman–Crippen LogP) is 4.42. The number of hydrogen-bond donors (Lipinski definition) is 1. The van der Waals surface area contributed by atoms with E-state index in [2.05, 4.69) is 22.3 Å². The lowest BCUT2D eigenvalue weighted by Gasteiger charge is -2.30. The minimum atomic E-state index is -0.492. The minimum Gasteiger partial charge on any atom is -0.495 e. The summed E-state index contributed by atoms with van der Waals surface area (Å²) in [5, 5.41) is 3.07. The Hall–Kier alpha value is -2.86. The Bertz CT molecular complexity index is 1060. The van der Waals surface area contributed by atoms with Crippen molar-refractivity contribution in [1.29, 1.82) is 0 Å². The number of nitrogens with one attached hydrogen (secondary N) is 1. The molecule has 0 bridgehead atoms. The van der Waals surface area contributed by atoms with E-state index in [0.29, 0.717) is 26.1 Å². The van der Waals surface area contributed by atoms with Crippen LogP contribution in [0.25, 0.3) is 0 Å². The number of morpholine rings is 1. The van der Waals surface area contributed by atoms with Crippen LogP contribution in [0.15, 0.2) is 30.3 Å². The standard InChI is InChI=1S/C27H34N2O4/c1-17-6-7-22(28-26(31)27(2,3)4)19(12-17)14-20-13-18-15-23(29-8-10-33-11-9-29)24(32-5)16-21(18)25(20)30/h6-7,12,15-16,20H,8-11,13-14H2,1-5H3,(H,28,31). The number of Topliss-reactive ketones (excluding diaryl/α,β-unsaturated/α-hetero) is 1. The van der Waals surface area contributed by atoms with Gasteiger partial charge in [-0.25, -0.2) is 0 Å². The third-order valence-corrected chi connectivity index (χ3v) is 6.52. The van der Waals surface area contributed by atoms with E-state index in [9.17, 15) is 9.59 Å². The highest BCUT2D eigenvalue weighted by Crippen LogP contribution is 2.39. The van der Waals surface area contributed by atoms with Crippen molar-refractivity contribution < 1.29 is 19.1 Å². The molecule has 1 aliphatic heterocycles. The fourth-order valence-electron chi connectivity index (χ4n) is 4.56. The Labute approximate surface area is 196 Å². The number of benzene rings is 2. The van der Waals surface area contributed by atoms with Gasteiger partial charge in [0.25, 0.3) is 0 Å². The number of aryl methyl sites for hydroxylation is 1. The maximum atomic E-state index is 13.4. The van der Waals surface area contributed by atoms with Gasteiger partial charge in [-0.2, -0.15) is 0 Å². The van der Waals surface area contributed by atoms with Crippen LogP contribution in [0.3, 0.4) is 0 Å². The Morgan fingerprint density at radius 2 is 1.91 bits per heavy atom. The number of carbonyl (C=O) groups excluding carboxylic acids is 2. The van der Waals surface area contributed by atoms with E-state index in [1.807, 2.05) is 45.9 Å². The third kappa shape index (κ3) is 4.91. The molecule has 2 aromatic carbocycles. The molecule has 6 heteroatoms. The summed E-state index contributed by atoms with van der Waals surface area (Å²) in [6.07, 6.45) is 1.28. The normalized spacial score (nSPS) is 18.3. The van der Waals surface area contributed by atoms with Crippen molar-refractivity contribution in [3.8, 4) is 5.75 Å². The quantitative estimate of drug-likeness (QED) is 0.730. The lowest BCUT2D eigenvalue weighted by atomic mass is 9.92. The molecule has 6 nitrogen and oxygen atoms in total. The average molecular weight is 451 g/mol. The van der Waals surface area contributed by atoms with Crippen molar-refractivity contribution in [3.63, 3.8) is 0 Å². The number of rotatable bonds is 5. The molecule has 0 radical (unpaired) electrons. The van der Waals surface area contributed by atoms with E-state index in [-0.39, 0.29) is 17.6 Å². The summed E-state index contributed by atoms with van der Waals surface area (Å²) >= 11 is 0. The number of methoxy groups -OCH3 is 1. The van der Waals surface area contributed by atoms with Gasteiger partial charge in [-0.05, 0) is 49.1 Å². The van der Waals surface area contributed by atoms with E-state index >= 15 is 0 Å². The summed E-state index contributed by atoms with van der Waals surface area (Å²) < 4.78 is 11.1. The molecule has 2 aromatic rings. The molecule has 0 aromatic heterocycles. The van der Waals surface area contributed by atoms with Gasteiger partial charge in [-0.3, -0.25) is 9.59 Å². The van der Waals surface area contributed by atoms with Gasteiger partial charge in [0, 0.05) is 35.7 Å². The van der Waals surface area contributed by atoms with Crippen molar-refractivity contribution >= 4 is 23.1 Å². The molecule has 0 saturated carbocycles. The van der Waals surface area contributed by atoms with Gasteiger partial charge in [-0.15, -0.1) is 0 Å². The molecule has 1 N–H and O–H groups in total. The van der Waals surface area contributed by atoms with Gasteiger partial charge in [0.1, 0.15) is 5.75 Å². The molecule has 0 spiro atoms. The first kappa shape index (κ1) is 23.3. The van der Waals surface area contributed by atoms with E-state index in [0.717, 1.165) is 52.5 Å². The van der Waals surface area contributed by atoms with E-state index < -0.39 is 5.41 Å². The summed E-state index contributed by atoms with van der Waals surface area (Å²) in [5.41, 5.74) is 5.25. The molecule has 2 aliphatic rings. The Kier molecular flexibility index (Phi) is 6.48. The molecule has 1 amide bonds. The van der Waals surface area contributed by atoms with E-state index in [1.54, 1.807) is 7.11 Å². The fraction of sp³-hybridized carbons (Fsp3) is 0.481. The molecule has 1 aliphatic carbocycles. The average Bonchev–Trinajstić information content (AvgIpc) is 3.09. The maximum Gasteiger partial charge on any atom is 0.229 e. The van der Waals surface area contributed by atoms with Crippen LogP contribution in [-0.2, 0) is 22.4 Å². The summed E-state index contributed by atoms with van der Waals surface area (Å²) in [6, 6.07) is 10.0. The SMILES string of the molecule is COc1cc2c(cc1N1CCOCC1)CC(Cc1cc(C)ccc1NC(=O)C(C)(C)C)C2=O. The molecular formula is C27H34N2O4. The van der Waals surface area contributed by atoms with E-state index in [4.69, 9.17) is 9.47 Å². The highest BCUT2D eigenvalue weighted by molar-refractivity contribution is 6.03.